The molecule has 6 nitrogen and oxygen atoms in total. The molecule has 0 aliphatic carbocycles. The summed E-state index contributed by atoms with van der Waals surface area (Å²) in [5.41, 5.74) is 4.34. The van der Waals surface area contributed by atoms with Crippen molar-refractivity contribution in [2.75, 3.05) is 19.0 Å². The summed E-state index contributed by atoms with van der Waals surface area (Å²) >= 11 is 6.09. The number of aryl methyl sites for hydroxylation is 3. The Hall–Kier alpha value is -2.87. The number of amides is 1. The summed E-state index contributed by atoms with van der Waals surface area (Å²) in [6.45, 7) is 5.44. The maximum atomic E-state index is 13.6. The Morgan fingerprint density at radius 2 is 1.64 bits per heavy atom. The van der Waals surface area contributed by atoms with Gasteiger partial charge in [0, 0.05) is 17.3 Å². The lowest BCUT2D eigenvalue weighted by Gasteiger charge is -2.23. The number of hydrogen-bond acceptors (Lipinski definition) is 4. The van der Waals surface area contributed by atoms with Crippen LogP contribution in [-0.4, -0.2) is 32.3 Å². The van der Waals surface area contributed by atoms with E-state index in [1.54, 1.807) is 6.07 Å². The molecule has 1 amide bonds. The van der Waals surface area contributed by atoms with Crippen LogP contribution in [0.25, 0.3) is 0 Å². The van der Waals surface area contributed by atoms with Crippen molar-refractivity contribution in [3.8, 4) is 5.75 Å². The maximum absolute atomic E-state index is 13.6. The predicted octanol–water partition coefficient (Wildman–Crippen LogP) is 5.10. The number of rotatable bonds is 8. The van der Waals surface area contributed by atoms with Crippen LogP contribution in [0, 0.1) is 20.8 Å². The Labute approximate surface area is 200 Å². The van der Waals surface area contributed by atoms with Crippen molar-refractivity contribution in [2.45, 2.75) is 32.2 Å². The number of benzene rings is 3. The lowest BCUT2D eigenvalue weighted by atomic mass is 10.1. The highest BCUT2D eigenvalue weighted by atomic mass is 35.5. The average Bonchev–Trinajstić information content (AvgIpc) is 2.76. The predicted molar refractivity (Wildman–Crippen MR) is 131 cm³/mol. The summed E-state index contributed by atoms with van der Waals surface area (Å²) < 4.78 is 33.7. The topological polar surface area (TPSA) is 75.7 Å². The first-order valence-electron chi connectivity index (χ1n) is 10.4. The molecule has 8 heteroatoms. The highest BCUT2D eigenvalue weighted by Crippen LogP contribution is 2.30. The van der Waals surface area contributed by atoms with Gasteiger partial charge in [-0.05, 0) is 55.7 Å². The fourth-order valence-corrected chi connectivity index (χ4v) is 5.52. The molecule has 0 fully saturated rings. The van der Waals surface area contributed by atoms with Crippen molar-refractivity contribution >= 4 is 33.2 Å². The molecule has 3 aromatic carbocycles. The molecule has 0 aliphatic heterocycles. The summed E-state index contributed by atoms with van der Waals surface area (Å²) in [6, 6.07) is 17.4. The van der Waals surface area contributed by atoms with Gasteiger partial charge in [0.15, 0.2) is 0 Å². The van der Waals surface area contributed by atoms with Gasteiger partial charge in [0.05, 0.1) is 13.7 Å². The van der Waals surface area contributed by atoms with Gasteiger partial charge in [0.2, 0.25) is 15.9 Å². The summed E-state index contributed by atoms with van der Waals surface area (Å²) in [5.74, 6) is -0.284. The molecule has 1 N–H and O–H groups in total. The molecule has 0 aliphatic rings. The molecule has 0 spiro atoms. The van der Waals surface area contributed by atoms with Gasteiger partial charge in [-0.1, -0.05) is 59.6 Å². The third-order valence-electron chi connectivity index (χ3n) is 5.21. The van der Waals surface area contributed by atoms with Crippen molar-refractivity contribution in [1.82, 2.24) is 4.31 Å². The van der Waals surface area contributed by atoms with Crippen molar-refractivity contribution < 1.29 is 17.9 Å². The second-order valence-corrected chi connectivity index (χ2v) is 10.2. The van der Waals surface area contributed by atoms with Crippen LogP contribution in [0.1, 0.15) is 22.3 Å². The zero-order valence-electron chi connectivity index (χ0n) is 19.1. The normalized spacial score (nSPS) is 11.5. The number of nitrogens with one attached hydrogen (secondary N) is 1. The minimum absolute atomic E-state index is 0.0120. The van der Waals surface area contributed by atoms with E-state index in [4.69, 9.17) is 16.3 Å². The first kappa shape index (κ1) is 24.8. The number of ether oxygens (including phenoxy) is 1. The number of carbonyl (C=O) groups excluding carboxylic acids is 1. The van der Waals surface area contributed by atoms with Gasteiger partial charge in [0.25, 0.3) is 0 Å². The second kappa shape index (κ2) is 10.4. The summed E-state index contributed by atoms with van der Waals surface area (Å²) in [6.07, 6.45) is 0. The molecule has 0 unspecified atom stereocenters. The summed E-state index contributed by atoms with van der Waals surface area (Å²) in [5, 5.41) is 3.14. The molecular weight excluding hydrogens is 460 g/mol. The van der Waals surface area contributed by atoms with Crippen LogP contribution in [0.4, 0.5) is 5.69 Å². The van der Waals surface area contributed by atoms with E-state index in [0.717, 1.165) is 26.6 Å². The van der Waals surface area contributed by atoms with Crippen LogP contribution in [0.2, 0.25) is 5.02 Å². The molecule has 3 rings (SSSR count). The first-order valence-corrected chi connectivity index (χ1v) is 12.2. The molecule has 0 aromatic heterocycles. The van der Waals surface area contributed by atoms with Gasteiger partial charge < -0.3 is 10.1 Å². The van der Waals surface area contributed by atoms with E-state index in [-0.39, 0.29) is 28.8 Å². The van der Waals surface area contributed by atoms with Crippen molar-refractivity contribution in [1.29, 1.82) is 0 Å². The number of carbonyl (C=O) groups is 1. The van der Waals surface area contributed by atoms with Crippen LogP contribution in [0.15, 0.2) is 65.6 Å². The molecule has 3 aromatic rings. The van der Waals surface area contributed by atoms with E-state index in [9.17, 15) is 13.2 Å². The molecule has 0 heterocycles. The van der Waals surface area contributed by atoms with Gasteiger partial charge >= 0.3 is 0 Å². The summed E-state index contributed by atoms with van der Waals surface area (Å²) in [7, 11) is -2.73. The number of halogens is 1. The zero-order chi connectivity index (χ0) is 24.2. The Bertz CT molecular complexity index is 1240. The smallest absolute Gasteiger partial charge is 0.247 e. The van der Waals surface area contributed by atoms with E-state index in [0.29, 0.717) is 5.69 Å². The van der Waals surface area contributed by atoms with E-state index in [1.165, 1.54) is 19.2 Å². The van der Waals surface area contributed by atoms with E-state index in [1.807, 2.05) is 63.2 Å². The molecule has 0 bridgehead atoms. The van der Waals surface area contributed by atoms with Crippen LogP contribution in [-0.2, 0) is 21.4 Å². The highest BCUT2D eigenvalue weighted by molar-refractivity contribution is 7.89. The fourth-order valence-electron chi connectivity index (χ4n) is 3.72. The van der Waals surface area contributed by atoms with Crippen LogP contribution < -0.4 is 10.1 Å². The van der Waals surface area contributed by atoms with Crippen molar-refractivity contribution in [3.05, 3.63) is 87.9 Å². The lowest BCUT2D eigenvalue weighted by Crippen LogP contribution is -2.38. The van der Waals surface area contributed by atoms with Crippen molar-refractivity contribution in [2.24, 2.45) is 0 Å². The van der Waals surface area contributed by atoms with Gasteiger partial charge in [0.1, 0.15) is 10.6 Å². The lowest BCUT2D eigenvalue weighted by molar-refractivity contribution is -0.116. The Morgan fingerprint density at radius 3 is 2.24 bits per heavy atom. The monoisotopic (exact) mass is 486 g/mol. The molecule has 0 atom stereocenters. The largest absolute Gasteiger partial charge is 0.495 e. The highest BCUT2D eigenvalue weighted by Gasteiger charge is 2.30. The molecule has 0 saturated heterocycles. The van der Waals surface area contributed by atoms with Crippen LogP contribution in [0.5, 0.6) is 5.75 Å². The number of anilines is 1. The molecule has 0 radical (unpaired) electrons. The van der Waals surface area contributed by atoms with Crippen molar-refractivity contribution in [3.63, 3.8) is 0 Å². The fraction of sp³-hybridized carbons (Fsp3) is 0.240. The first-order chi connectivity index (χ1) is 15.6. The number of hydrogen-bond donors (Lipinski definition) is 1. The zero-order valence-corrected chi connectivity index (χ0v) is 20.6. The Morgan fingerprint density at radius 1 is 1.00 bits per heavy atom. The van der Waals surface area contributed by atoms with E-state index < -0.39 is 15.9 Å². The SMILES string of the molecule is COc1ccc(Cl)cc1S(=O)(=O)N(CC(=O)Nc1c(C)cc(C)cc1C)Cc1ccccc1. The molecular formula is C25H27ClN2O4S. The van der Waals surface area contributed by atoms with Crippen LogP contribution >= 0.6 is 11.6 Å². The number of nitrogens with zero attached hydrogens (tertiary/aromatic N) is 1. The van der Waals surface area contributed by atoms with Gasteiger partial charge in [-0.15, -0.1) is 0 Å². The van der Waals surface area contributed by atoms with Gasteiger partial charge in [-0.3, -0.25) is 4.79 Å². The Kier molecular flexibility index (Phi) is 7.79. The number of sulfonamides is 1. The maximum Gasteiger partial charge on any atom is 0.247 e. The second-order valence-electron chi connectivity index (χ2n) is 7.88. The quantitative estimate of drug-likeness (QED) is 0.480. The summed E-state index contributed by atoms with van der Waals surface area (Å²) in [4.78, 5) is 12.9. The Balaban J connectivity index is 1.97. The molecule has 33 heavy (non-hydrogen) atoms. The van der Waals surface area contributed by atoms with Gasteiger partial charge in [-0.2, -0.15) is 4.31 Å². The third-order valence-corrected chi connectivity index (χ3v) is 7.25. The number of methoxy groups -OCH3 is 1. The van der Waals surface area contributed by atoms with Gasteiger partial charge in [-0.25, -0.2) is 8.42 Å². The van der Waals surface area contributed by atoms with E-state index >= 15 is 0 Å². The molecule has 0 saturated carbocycles. The third kappa shape index (κ3) is 5.93. The minimum atomic E-state index is -4.12. The standard InChI is InChI=1S/C25H27ClN2O4S/c1-17-12-18(2)25(19(3)13-17)27-24(29)16-28(15-20-8-6-5-7-9-20)33(30,31)23-14-21(26)10-11-22(23)32-4/h5-14H,15-16H2,1-4H3,(H,27,29). The van der Waals surface area contributed by atoms with Crippen LogP contribution in [0.3, 0.4) is 0 Å². The average molecular weight is 487 g/mol. The van der Waals surface area contributed by atoms with E-state index in [2.05, 4.69) is 5.32 Å². The minimum Gasteiger partial charge on any atom is -0.495 e. The molecule has 174 valence electrons.